The van der Waals surface area contributed by atoms with Crippen molar-refractivity contribution >= 4 is 51.9 Å². The van der Waals surface area contributed by atoms with E-state index < -0.39 is 0 Å². The van der Waals surface area contributed by atoms with E-state index in [1.165, 1.54) is 11.8 Å². The molecule has 0 atom stereocenters. The first-order chi connectivity index (χ1) is 17.9. The second-order valence-corrected chi connectivity index (χ2v) is 10.9. The predicted octanol–water partition coefficient (Wildman–Crippen LogP) is 7.38. The first-order valence-corrected chi connectivity index (χ1v) is 13.4. The van der Waals surface area contributed by atoms with Crippen LogP contribution in [0, 0.1) is 0 Å². The second kappa shape index (κ2) is 10.9. The van der Waals surface area contributed by atoms with Crippen molar-refractivity contribution in [2.75, 3.05) is 0 Å². The van der Waals surface area contributed by atoms with Crippen molar-refractivity contribution in [2.24, 2.45) is 0 Å². The fourth-order valence-electron chi connectivity index (χ4n) is 3.95. The number of ether oxygens (including phenoxy) is 1. The van der Waals surface area contributed by atoms with Crippen LogP contribution in [-0.4, -0.2) is 30.9 Å². The minimum absolute atomic E-state index is 0.00493. The molecule has 1 amide bonds. The molecule has 1 saturated heterocycles. The van der Waals surface area contributed by atoms with Crippen molar-refractivity contribution in [2.45, 2.75) is 26.5 Å². The fraction of sp³-hybridized carbons (Fsp3) is 0.138. The van der Waals surface area contributed by atoms with Crippen molar-refractivity contribution in [3.63, 3.8) is 0 Å². The van der Waals surface area contributed by atoms with Gasteiger partial charge in [-0.25, -0.2) is 4.68 Å². The maximum Gasteiger partial charge on any atom is 0.266 e. The predicted molar refractivity (Wildman–Crippen MR) is 155 cm³/mol. The molecular formula is C29H24ClN3O2S2. The first kappa shape index (κ1) is 25.3. The van der Waals surface area contributed by atoms with Gasteiger partial charge in [0.05, 0.1) is 16.3 Å². The lowest BCUT2D eigenvalue weighted by Crippen LogP contribution is -2.34. The van der Waals surface area contributed by atoms with Crippen molar-refractivity contribution in [3.8, 4) is 22.7 Å². The molecule has 37 heavy (non-hydrogen) atoms. The lowest BCUT2D eigenvalue weighted by molar-refractivity contribution is -0.123. The minimum Gasteiger partial charge on any atom is -0.489 e. The fourth-order valence-corrected chi connectivity index (χ4v) is 5.59. The summed E-state index contributed by atoms with van der Waals surface area (Å²) in [5.74, 6) is 0.676. The van der Waals surface area contributed by atoms with E-state index in [0.29, 0.717) is 20.9 Å². The molecule has 5 nitrogen and oxygen atoms in total. The summed E-state index contributed by atoms with van der Waals surface area (Å²) in [7, 11) is 0. The molecule has 0 spiro atoms. The number of amides is 1. The van der Waals surface area contributed by atoms with Crippen molar-refractivity contribution < 1.29 is 9.53 Å². The van der Waals surface area contributed by atoms with Crippen molar-refractivity contribution in [1.29, 1.82) is 0 Å². The van der Waals surface area contributed by atoms with Crippen LogP contribution in [0.3, 0.4) is 0 Å². The highest BCUT2D eigenvalue weighted by Crippen LogP contribution is 2.36. The molecule has 1 aliphatic rings. The Bertz CT molecular complexity index is 1460. The molecule has 0 saturated carbocycles. The van der Waals surface area contributed by atoms with E-state index in [-0.39, 0.29) is 11.9 Å². The molecule has 8 heteroatoms. The molecule has 186 valence electrons. The van der Waals surface area contributed by atoms with Crippen molar-refractivity contribution in [3.05, 3.63) is 106 Å². The Morgan fingerprint density at radius 3 is 2.38 bits per heavy atom. The number of rotatable bonds is 7. The molecule has 1 aliphatic heterocycles. The van der Waals surface area contributed by atoms with Crippen LogP contribution in [0.15, 0.2) is 90.0 Å². The number of nitrogens with zero attached hydrogens (tertiary/aromatic N) is 3. The van der Waals surface area contributed by atoms with Gasteiger partial charge in [0.25, 0.3) is 5.91 Å². The number of para-hydroxylation sites is 1. The molecule has 1 aromatic heterocycles. The van der Waals surface area contributed by atoms with Gasteiger partial charge in [-0.3, -0.25) is 9.69 Å². The van der Waals surface area contributed by atoms with Crippen LogP contribution in [0.2, 0.25) is 5.02 Å². The number of thioether (sulfide) groups is 1. The highest BCUT2D eigenvalue weighted by Gasteiger charge is 2.34. The van der Waals surface area contributed by atoms with Crippen LogP contribution in [0.5, 0.6) is 5.75 Å². The largest absolute Gasteiger partial charge is 0.489 e. The summed E-state index contributed by atoms with van der Waals surface area (Å²) in [6.45, 7) is 4.37. The quantitative estimate of drug-likeness (QED) is 0.179. The lowest BCUT2D eigenvalue weighted by atomic mass is 10.1. The number of halogens is 1. The summed E-state index contributed by atoms with van der Waals surface area (Å²) in [4.78, 5) is 15.3. The Morgan fingerprint density at radius 1 is 1.03 bits per heavy atom. The van der Waals surface area contributed by atoms with Crippen LogP contribution < -0.4 is 4.74 Å². The maximum atomic E-state index is 13.0. The number of thiocarbonyl (C=S) groups is 1. The Balaban J connectivity index is 1.45. The van der Waals surface area contributed by atoms with Gasteiger partial charge < -0.3 is 4.74 Å². The number of hydrogen-bond acceptors (Lipinski definition) is 5. The first-order valence-electron chi connectivity index (χ1n) is 11.8. The van der Waals surface area contributed by atoms with E-state index >= 15 is 0 Å². The number of carbonyl (C=O) groups excluding carboxylic acids is 1. The number of aromatic nitrogens is 2. The third-order valence-corrected chi connectivity index (χ3v) is 7.42. The van der Waals surface area contributed by atoms with Crippen LogP contribution >= 0.6 is 35.6 Å². The SMILES string of the molecule is CC(C)N1C(=O)/C(=C\c2cn(-c3ccccc3)nc2-c2ccc(OCc3ccc(Cl)cc3)cc2)SC1=S. The molecule has 0 radical (unpaired) electrons. The molecular weight excluding hydrogens is 522 g/mol. The van der Waals surface area contributed by atoms with Gasteiger partial charge in [-0.15, -0.1) is 0 Å². The third-order valence-electron chi connectivity index (χ3n) is 5.84. The highest BCUT2D eigenvalue weighted by atomic mass is 35.5. The lowest BCUT2D eigenvalue weighted by Gasteiger charge is -2.18. The van der Waals surface area contributed by atoms with Gasteiger partial charge in [0.2, 0.25) is 0 Å². The smallest absolute Gasteiger partial charge is 0.266 e. The maximum absolute atomic E-state index is 13.0. The summed E-state index contributed by atoms with van der Waals surface area (Å²) in [5.41, 5.74) is 4.49. The van der Waals surface area contributed by atoms with Crippen LogP contribution in [0.1, 0.15) is 25.0 Å². The Kier molecular flexibility index (Phi) is 7.46. The highest BCUT2D eigenvalue weighted by molar-refractivity contribution is 8.26. The number of benzene rings is 3. The van der Waals surface area contributed by atoms with Crippen LogP contribution in [-0.2, 0) is 11.4 Å². The third kappa shape index (κ3) is 5.64. The van der Waals surface area contributed by atoms with Crippen molar-refractivity contribution in [1.82, 2.24) is 14.7 Å². The Labute approximate surface area is 230 Å². The van der Waals surface area contributed by atoms with E-state index in [1.807, 2.05) is 110 Å². The average Bonchev–Trinajstić information content (AvgIpc) is 3.44. The summed E-state index contributed by atoms with van der Waals surface area (Å²) in [5, 5.41) is 5.57. The van der Waals surface area contributed by atoms with Crippen LogP contribution in [0.4, 0.5) is 0 Å². The zero-order valence-electron chi connectivity index (χ0n) is 20.3. The summed E-state index contributed by atoms with van der Waals surface area (Å²) >= 11 is 12.8. The van der Waals surface area contributed by atoms with E-state index in [9.17, 15) is 4.79 Å². The topological polar surface area (TPSA) is 47.4 Å². The van der Waals surface area contributed by atoms with Gasteiger partial charge in [0.1, 0.15) is 16.7 Å². The number of hydrogen-bond donors (Lipinski definition) is 0. The molecule has 0 N–H and O–H groups in total. The Morgan fingerprint density at radius 2 is 1.73 bits per heavy atom. The summed E-state index contributed by atoms with van der Waals surface area (Å²) < 4.78 is 8.35. The van der Waals surface area contributed by atoms with E-state index in [4.69, 9.17) is 33.7 Å². The molecule has 0 bridgehead atoms. The van der Waals surface area contributed by atoms with Gasteiger partial charge in [-0.1, -0.05) is 65.9 Å². The second-order valence-electron chi connectivity index (χ2n) is 8.80. The monoisotopic (exact) mass is 545 g/mol. The minimum atomic E-state index is -0.0747. The summed E-state index contributed by atoms with van der Waals surface area (Å²) in [6.07, 6.45) is 3.83. The summed E-state index contributed by atoms with van der Waals surface area (Å²) in [6, 6.07) is 25.3. The molecule has 1 fully saturated rings. The van der Waals surface area contributed by atoms with E-state index in [1.54, 1.807) is 4.90 Å². The molecule has 0 aliphatic carbocycles. The van der Waals surface area contributed by atoms with E-state index in [2.05, 4.69) is 0 Å². The normalized spacial score (nSPS) is 14.7. The number of carbonyl (C=O) groups is 1. The molecule has 3 aromatic carbocycles. The Hall–Kier alpha value is -3.39. The molecule has 5 rings (SSSR count). The van der Waals surface area contributed by atoms with Gasteiger partial charge >= 0.3 is 0 Å². The molecule has 4 aromatic rings. The average molecular weight is 546 g/mol. The van der Waals surface area contributed by atoms with Gasteiger partial charge in [0.15, 0.2) is 0 Å². The standard InChI is InChI=1S/C29H24ClN3O2S2/c1-19(2)33-28(34)26(37-29(33)36)16-22-17-32(24-6-4-3-5-7-24)31-27(22)21-10-14-25(15-11-21)35-18-20-8-12-23(30)13-9-20/h3-17,19H,18H2,1-2H3/b26-16+. The van der Waals surface area contributed by atoms with Gasteiger partial charge in [0, 0.05) is 28.4 Å². The van der Waals surface area contributed by atoms with Gasteiger partial charge in [-0.05, 0) is 74.0 Å². The van der Waals surface area contributed by atoms with Gasteiger partial charge in [-0.2, -0.15) is 5.10 Å². The zero-order valence-corrected chi connectivity index (χ0v) is 22.7. The molecule has 0 unspecified atom stereocenters. The zero-order chi connectivity index (χ0) is 25.9. The van der Waals surface area contributed by atoms with E-state index in [0.717, 1.165) is 33.8 Å². The van der Waals surface area contributed by atoms with Crippen LogP contribution in [0.25, 0.3) is 23.0 Å². The molecule has 2 heterocycles.